The Morgan fingerprint density at radius 2 is 2.06 bits per heavy atom. The number of nitrogens with one attached hydrogen (secondary N) is 1. The van der Waals surface area contributed by atoms with Gasteiger partial charge in [0.2, 0.25) is 5.82 Å². The average molecular weight is 242 g/mol. The van der Waals surface area contributed by atoms with E-state index in [-0.39, 0.29) is 11.7 Å². The molecule has 17 heavy (non-hydrogen) atoms. The van der Waals surface area contributed by atoms with Gasteiger partial charge in [0.05, 0.1) is 10.6 Å². The Hall–Kier alpha value is -1.72. The minimum Gasteiger partial charge on any atom is -0.380 e. The monoisotopic (exact) mass is 242 g/mol. The third kappa shape index (κ3) is 2.51. The zero-order chi connectivity index (χ0) is 12.6. The number of rotatable bonds is 4. The second-order valence-electron chi connectivity index (χ2n) is 4.31. The predicted octanol–water partition coefficient (Wildman–Crippen LogP) is 3.08. The SMILES string of the molecule is CC(Nc1cc([N+](=O)[O-])c(F)cc1F)C1CC1. The molecule has 1 fully saturated rings. The summed E-state index contributed by atoms with van der Waals surface area (Å²) >= 11 is 0. The lowest BCUT2D eigenvalue weighted by Crippen LogP contribution is -2.18. The summed E-state index contributed by atoms with van der Waals surface area (Å²) < 4.78 is 26.5. The van der Waals surface area contributed by atoms with Crippen LogP contribution in [0.15, 0.2) is 12.1 Å². The molecule has 2 rings (SSSR count). The molecule has 1 N–H and O–H groups in total. The normalized spacial score (nSPS) is 16.6. The lowest BCUT2D eigenvalue weighted by molar-refractivity contribution is -0.387. The number of hydrogen-bond acceptors (Lipinski definition) is 3. The Morgan fingerprint density at radius 3 is 2.59 bits per heavy atom. The molecule has 1 aliphatic rings. The molecule has 1 aliphatic carbocycles. The first-order chi connectivity index (χ1) is 7.99. The van der Waals surface area contributed by atoms with Crippen molar-refractivity contribution >= 4 is 11.4 Å². The highest BCUT2D eigenvalue weighted by atomic mass is 19.1. The van der Waals surface area contributed by atoms with E-state index in [0.717, 1.165) is 18.9 Å². The number of nitro groups is 1. The van der Waals surface area contributed by atoms with E-state index in [1.54, 1.807) is 0 Å². The van der Waals surface area contributed by atoms with Crippen LogP contribution in [0, 0.1) is 27.7 Å². The van der Waals surface area contributed by atoms with E-state index in [0.29, 0.717) is 12.0 Å². The van der Waals surface area contributed by atoms with Crippen molar-refractivity contribution in [3.63, 3.8) is 0 Å². The third-order valence-corrected chi connectivity index (χ3v) is 2.95. The average Bonchev–Trinajstić information content (AvgIpc) is 3.04. The summed E-state index contributed by atoms with van der Waals surface area (Å²) in [4.78, 5) is 9.67. The van der Waals surface area contributed by atoms with Crippen molar-refractivity contribution in [1.82, 2.24) is 0 Å². The van der Waals surface area contributed by atoms with Crippen LogP contribution in [-0.4, -0.2) is 11.0 Å². The van der Waals surface area contributed by atoms with E-state index >= 15 is 0 Å². The van der Waals surface area contributed by atoms with Gasteiger partial charge in [-0.2, -0.15) is 4.39 Å². The van der Waals surface area contributed by atoms with Crippen molar-refractivity contribution in [3.05, 3.63) is 33.9 Å². The molecular weight excluding hydrogens is 230 g/mol. The minimum absolute atomic E-state index is 0.0162. The molecule has 0 aliphatic heterocycles. The van der Waals surface area contributed by atoms with E-state index in [1.165, 1.54) is 0 Å². The molecule has 1 aromatic carbocycles. The number of hydrogen-bond donors (Lipinski definition) is 1. The van der Waals surface area contributed by atoms with E-state index < -0.39 is 22.2 Å². The number of halogens is 2. The van der Waals surface area contributed by atoms with Gasteiger partial charge in [0, 0.05) is 18.2 Å². The molecule has 1 atom stereocenters. The molecule has 1 aromatic rings. The zero-order valence-corrected chi connectivity index (χ0v) is 9.24. The molecule has 0 aromatic heterocycles. The molecule has 0 amide bonds. The fourth-order valence-corrected chi connectivity index (χ4v) is 1.75. The van der Waals surface area contributed by atoms with E-state index in [2.05, 4.69) is 5.32 Å². The minimum atomic E-state index is -1.16. The van der Waals surface area contributed by atoms with Gasteiger partial charge in [0.15, 0.2) is 0 Å². The molecule has 4 nitrogen and oxygen atoms in total. The molecule has 0 bridgehead atoms. The second-order valence-corrected chi connectivity index (χ2v) is 4.31. The first-order valence-corrected chi connectivity index (χ1v) is 5.39. The summed E-state index contributed by atoms with van der Waals surface area (Å²) in [5, 5.41) is 13.4. The van der Waals surface area contributed by atoms with Crippen LogP contribution in [0.4, 0.5) is 20.2 Å². The Morgan fingerprint density at radius 1 is 1.41 bits per heavy atom. The van der Waals surface area contributed by atoms with Gasteiger partial charge in [-0.15, -0.1) is 0 Å². The van der Waals surface area contributed by atoms with E-state index in [1.807, 2.05) is 6.92 Å². The van der Waals surface area contributed by atoms with Crippen molar-refractivity contribution in [3.8, 4) is 0 Å². The van der Waals surface area contributed by atoms with Gasteiger partial charge in [-0.1, -0.05) is 0 Å². The van der Waals surface area contributed by atoms with Crippen LogP contribution < -0.4 is 5.32 Å². The lowest BCUT2D eigenvalue weighted by Gasteiger charge is -2.14. The molecule has 0 heterocycles. The number of anilines is 1. The van der Waals surface area contributed by atoms with Crippen LogP contribution in [0.25, 0.3) is 0 Å². The maximum atomic E-state index is 13.4. The molecule has 0 radical (unpaired) electrons. The molecule has 1 saturated carbocycles. The standard InChI is InChI=1S/C11H12F2N2O2/c1-6(7-2-3-7)14-10-5-11(15(16)17)9(13)4-8(10)12/h4-7,14H,2-3H2,1H3. The van der Waals surface area contributed by atoms with E-state index in [4.69, 9.17) is 0 Å². The summed E-state index contributed by atoms with van der Waals surface area (Å²) in [6.07, 6.45) is 2.14. The summed E-state index contributed by atoms with van der Waals surface area (Å²) in [6.45, 7) is 1.88. The smallest absolute Gasteiger partial charge is 0.307 e. The summed E-state index contributed by atoms with van der Waals surface area (Å²) in [6, 6.07) is 1.48. The van der Waals surface area contributed by atoms with Gasteiger partial charge < -0.3 is 5.32 Å². The summed E-state index contributed by atoms with van der Waals surface area (Å²) in [5.74, 6) is -1.49. The third-order valence-electron chi connectivity index (χ3n) is 2.95. The largest absolute Gasteiger partial charge is 0.380 e. The Bertz CT molecular complexity index is 461. The maximum absolute atomic E-state index is 13.4. The first kappa shape index (κ1) is 11.8. The highest BCUT2D eigenvalue weighted by molar-refractivity contribution is 5.53. The van der Waals surface area contributed by atoms with Crippen molar-refractivity contribution in [1.29, 1.82) is 0 Å². The topological polar surface area (TPSA) is 55.2 Å². The van der Waals surface area contributed by atoms with Crippen LogP contribution >= 0.6 is 0 Å². The Balaban J connectivity index is 2.25. The van der Waals surface area contributed by atoms with Gasteiger partial charge >= 0.3 is 5.69 Å². The molecule has 0 saturated heterocycles. The van der Waals surface area contributed by atoms with Crippen LogP contribution in [-0.2, 0) is 0 Å². The van der Waals surface area contributed by atoms with Crippen molar-refractivity contribution in [2.24, 2.45) is 5.92 Å². The number of nitrogens with zero attached hydrogens (tertiary/aromatic N) is 1. The van der Waals surface area contributed by atoms with Gasteiger partial charge in [-0.25, -0.2) is 4.39 Å². The quantitative estimate of drug-likeness (QED) is 0.652. The van der Waals surface area contributed by atoms with Crippen molar-refractivity contribution < 1.29 is 13.7 Å². The van der Waals surface area contributed by atoms with E-state index in [9.17, 15) is 18.9 Å². The first-order valence-electron chi connectivity index (χ1n) is 5.39. The zero-order valence-electron chi connectivity index (χ0n) is 9.24. The van der Waals surface area contributed by atoms with Gasteiger partial charge in [0.25, 0.3) is 0 Å². The predicted molar refractivity (Wildman–Crippen MR) is 58.8 cm³/mol. The van der Waals surface area contributed by atoms with Crippen LogP contribution in [0.3, 0.4) is 0 Å². The van der Waals surface area contributed by atoms with Crippen molar-refractivity contribution in [2.75, 3.05) is 5.32 Å². The van der Waals surface area contributed by atoms with Crippen LogP contribution in [0.5, 0.6) is 0 Å². The number of nitro benzene ring substituents is 1. The van der Waals surface area contributed by atoms with Crippen LogP contribution in [0.1, 0.15) is 19.8 Å². The van der Waals surface area contributed by atoms with Gasteiger partial charge in [-0.05, 0) is 25.7 Å². The summed E-state index contributed by atoms with van der Waals surface area (Å²) in [7, 11) is 0. The highest BCUT2D eigenvalue weighted by Gasteiger charge is 2.29. The summed E-state index contributed by atoms with van der Waals surface area (Å²) in [5.41, 5.74) is -0.727. The fraction of sp³-hybridized carbons (Fsp3) is 0.455. The fourth-order valence-electron chi connectivity index (χ4n) is 1.75. The van der Waals surface area contributed by atoms with Gasteiger partial charge in [-0.3, -0.25) is 10.1 Å². The second kappa shape index (κ2) is 4.27. The highest BCUT2D eigenvalue weighted by Crippen LogP contribution is 2.35. The lowest BCUT2D eigenvalue weighted by atomic mass is 10.2. The Labute approximate surface area is 96.8 Å². The molecule has 92 valence electrons. The molecule has 1 unspecified atom stereocenters. The maximum Gasteiger partial charge on any atom is 0.307 e. The Kier molecular flexibility index (Phi) is 2.95. The van der Waals surface area contributed by atoms with Gasteiger partial charge in [0.1, 0.15) is 5.82 Å². The van der Waals surface area contributed by atoms with Crippen LogP contribution in [0.2, 0.25) is 0 Å². The molecule has 0 spiro atoms. The van der Waals surface area contributed by atoms with Crippen molar-refractivity contribution in [2.45, 2.75) is 25.8 Å². The number of benzene rings is 1. The molecular formula is C11H12F2N2O2. The molecule has 6 heteroatoms.